The molecule has 0 aromatic heterocycles. The predicted molar refractivity (Wildman–Crippen MR) is 64.6 cm³/mol. The van der Waals surface area contributed by atoms with Crippen LogP contribution in [0.2, 0.25) is 0 Å². The highest BCUT2D eigenvalue weighted by atomic mass is 16.2. The van der Waals surface area contributed by atoms with E-state index in [1.807, 2.05) is 24.3 Å². The van der Waals surface area contributed by atoms with Gasteiger partial charge in [-0.05, 0) is 17.5 Å². The zero-order valence-corrected chi connectivity index (χ0v) is 9.79. The number of amides is 1. The van der Waals surface area contributed by atoms with Gasteiger partial charge >= 0.3 is 0 Å². The molecule has 0 radical (unpaired) electrons. The first-order valence-electron chi connectivity index (χ1n) is 5.47. The minimum Gasteiger partial charge on any atom is -0.324 e. The van der Waals surface area contributed by atoms with Crippen molar-refractivity contribution in [2.75, 3.05) is 7.05 Å². The van der Waals surface area contributed by atoms with Crippen LogP contribution in [0.5, 0.6) is 0 Å². The van der Waals surface area contributed by atoms with Gasteiger partial charge in [0, 0.05) is 19.5 Å². The number of hydrazine groups is 1. The fourth-order valence-corrected chi connectivity index (χ4v) is 1.51. The number of rotatable bonds is 5. The molecule has 1 aromatic rings. The summed E-state index contributed by atoms with van der Waals surface area (Å²) in [6.07, 6.45) is 1.29. The van der Waals surface area contributed by atoms with Crippen LogP contribution in [0.1, 0.15) is 30.5 Å². The van der Waals surface area contributed by atoms with Crippen molar-refractivity contribution in [3.8, 4) is 0 Å². The molecule has 0 bridgehead atoms. The van der Waals surface area contributed by atoms with Gasteiger partial charge in [-0.15, -0.1) is 0 Å². The zero-order chi connectivity index (χ0) is 12.0. The standard InChI is InChI=1S/C12H19N3O/c1-3-9-4-6-10(7-5-9)11(13)8-12(16)15-14-2/h4-7,11,14H,3,8,13H2,1-2H3,(H,15,16). The molecule has 1 atom stereocenters. The molecule has 16 heavy (non-hydrogen) atoms. The van der Waals surface area contributed by atoms with Crippen molar-refractivity contribution in [2.45, 2.75) is 25.8 Å². The quantitative estimate of drug-likeness (QED) is 0.647. The van der Waals surface area contributed by atoms with E-state index >= 15 is 0 Å². The van der Waals surface area contributed by atoms with Crippen LogP contribution in [0.15, 0.2) is 24.3 Å². The normalized spacial score (nSPS) is 12.2. The first kappa shape index (κ1) is 12.7. The Morgan fingerprint density at radius 2 is 2.00 bits per heavy atom. The van der Waals surface area contributed by atoms with Crippen molar-refractivity contribution in [3.05, 3.63) is 35.4 Å². The monoisotopic (exact) mass is 221 g/mol. The fraction of sp³-hybridized carbons (Fsp3) is 0.417. The molecule has 4 heteroatoms. The maximum atomic E-state index is 11.3. The first-order valence-corrected chi connectivity index (χ1v) is 5.47. The number of benzene rings is 1. The summed E-state index contributed by atoms with van der Waals surface area (Å²) < 4.78 is 0. The molecule has 0 fully saturated rings. The average molecular weight is 221 g/mol. The van der Waals surface area contributed by atoms with E-state index in [-0.39, 0.29) is 18.4 Å². The number of aryl methyl sites for hydroxylation is 1. The lowest BCUT2D eigenvalue weighted by Gasteiger charge is -2.12. The second-order valence-electron chi connectivity index (χ2n) is 3.70. The number of carbonyl (C=O) groups is 1. The number of nitrogens with two attached hydrogens (primary N) is 1. The average Bonchev–Trinajstić information content (AvgIpc) is 2.29. The van der Waals surface area contributed by atoms with Gasteiger partial charge in [0.25, 0.3) is 0 Å². The summed E-state index contributed by atoms with van der Waals surface area (Å²) in [5.41, 5.74) is 13.3. The lowest BCUT2D eigenvalue weighted by Crippen LogP contribution is -2.36. The molecule has 1 aromatic carbocycles. The molecular formula is C12H19N3O. The number of nitrogens with one attached hydrogen (secondary N) is 2. The minimum absolute atomic E-state index is 0.102. The van der Waals surface area contributed by atoms with Crippen molar-refractivity contribution in [1.29, 1.82) is 0 Å². The van der Waals surface area contributed by atoms with E-state index in [1.165, 1.54) is 5.56 Å². The van der Waals surface area contributed by atoms with Crippen LogP contribution in [-0.4, -0.2) is 13.0 Å². The van der Waals surface area contributed by atoms with Gasteiger partial charge in [-0.25, -0.2) is 5.43 Å². The highest BCUT2D eigenvalue weighted by Crippen LogP contribution is 2.14. The summed E-state index contributed by atoms with van der Waals surface area (Å²) in [6.45, 7) is 2.11. The molecule has 0 spiro atoms. The van der Waals surface area contributed by atoms with Gasteiger partial charge in [0.15, 0.2) is 0 Å². The highest BCUT2D eigenvalue weighted by molar-refractivity contribution is 5.76. The Morgan fingerprint density at radius 1 is 1.38 bits per heavy atom. The van der Waals surface area contributed by atoms with Crippen LogP contribution in [0.25, 0.3) is 0 Å². The zero-order valence-electron chi connectivity index (χ0n) is 9.79. The molecular weight excluding hydrogens is 202 g/mol. The van der Waals surface area contributed by atoms with E-state index in [0.717, 1.165) is 12.0 Å². The molecule has 1 rings (SSSR count). The first-order chi connectivity index (χ1) is 7.67. The molecule has 4 nitrogen and oxygen atoms in total. The lowest BCUT2D eigenvalue weighted by molar-refractivity contribution is -0.122. The molecule has 0 saturated carbocycles. The topological polar surface area (TPSA) is 67.2 Å². The van der Waals surface area contributed by atoms with Crippen molar-refractivity contribution in [1.82, 2.24) is 10.9 Å². The van der Waals surface area contributed by atoms with E-state index in [9.17, 15) is 4.79 Å². The number of hydrogen-bond donors (Lipinski definition) is 3. The summed E-state index contributed by atoms with van der Waals surface area (Å²) >= 11 is 0. The van der Waals surface area contributed by atoms with Crippen LogP contribution in [0.3, 0.4) is 0 Å². The van der Waals surface area contributed by atoms with Gasteiger partial charge in [-0.1, -0.05) is 31.2 Å². The third kappa shape index (κ3) is 3.64. The summed E-state index contributed by atoms with van der Waals surface area (Å²) in [7, 11) is 1.65. The van der Waals surface area contributed by atoms with Gasteiger partial charge in [0.2, 0.25) is 5.91 Å². The van der Waals surface area contributed by atoms with E-state index in [1.54, 1.807) is 7.05 Å². The second-order valence-corrected chi connectivity index (χ2v) is 3.70. The highest BCUT2D eigenvalue weighted by Gasteiger charge is 2.10. The number of carbonyl (C=O) groups excluding carboxylic acids is 1. The Labute approximate surface area is 96.2 Å². The van der Waals surface area contributed by atoms with Gasteiger partial charge in [-0.3, -0.25) is 10.2 Å². The van der Waals surface area contributed by atoms with E-state index < -0.39 is 0 Å². The molecule has 0 saturated heterocycles. The van der Waals surface area contributed by atoms with E-state index in [0.29, 0.717) is 0 Å². The Bertz CT molecular complexity index is 335. The summed E-state index contributed by atoms with van der Waals surface area (Å²) in [6, 6.07) is 7.81. The van der Waals surface area contributed by atoms with Crippen molar-refractivity contribution in [3.63, 3.8) is 0 Å². The van der Waals surface area contributed by atoms with Crippen LogP contribution in [-0.2, 0) is 11.2 Å². The minimum atomic E-state index is -0.251. The SMILES string of the molecule is CCc1ccc(C(N)CC(=O)NNC)cc1. The maximum absolute atomic E-state index is 11.3. The van der Waals surface area contributed by atoms with Gasteiger partial charge < -0.3 is 5.73 Å². The number of hydrogen-bond acceptors (Lipinski definition) is 3. The molecule has 88 valence electrons. The maximum Gasteiger partial charge on any atom is 0.235 e. The van der Waals surface area contributed by atoms with Crippen LogP contribution in [0.4, 0.5) is 0 Å². The Hall–Kier alpha value is -1.39. The van der Waals surface area contributed by atoms with Crippen molar-refractivity contribution < 1.29 is 4.79 Å². The van der Waals surface area contributed by atoms with Gasteiger partial charge in [0.05, 0.1) is 0 Å². The Morgan fingerprint density at radius 3 is 2.50 bits per heavy atom. The van der Waals surface area contributed by atoms with Crippen molar-refractivity contribution in [2.24, 2.45) is 5.73 Å². The molecule has 0 aliphatic heterocycles. The summed E-state index contributed by atoms with van der Waals surface area (Å²) in [4.78, 5) is 11.3. The van der Waals surface area contributed by atoms with Crippen molar-refractivity contribution >= 4 is 5.91 Å². The Kier molecular flexibility index (Phi) is 4.95. The van der Waals surface area contributed by atoms with E-state index in [2.05, 4.69) is 17.8 Å². The molecule has 0 aliphatic rings. The molecule has 1 unspecified atom stereocenters. The van der Waals surface area contributed by atoms with E-state index in [4.69, 9.17) is 5.73 Å². The molecule has 0 aliphatic carbocycles. The Balaban J connectivity index is 2.58. The molecule has 4 N–H and O–H groups in total. The summed E-state index contributed by atoms with van der Waals surface area (Å²) in [5, 5.41) is 0. The largest absolute Gasteiger partial charge is 0.324 e. The van der Waals surface area contributed by atoms with Gasteiger partial charge in [0.1, 0.15) is 0 Å². The van der Waals surface area contributed by atoms with Crippen LogP contribution < -0.4 is 16.6 Å². The fourth-order valence-electron chi connectivity index (χ4n) is 1.51. The second kappa shape index (κ2) is 6.25. The third-order valence-electron chi connectivity index (χ3n) is 2.49. The predicted octanol–water partition coefficient (Wildman–Crippen LogP) is 0.889. The van der Waals surface area contributed by atoms with Crippen LogP contribution in [0, 0.1) is 0 Å². The molecule has 0 heterocycles. The third-order valence-corrected chi connectivity index (χ3v) is 2.49. The smallest absolute Gasteiger partial charge is 0.235 e. The summed E-state index contributed by atoms with van der Waals surface area (Å²) in [5.74, 6) is -0.102. The van der Waals surface area contributed by atoms with Crippen LogP contribution >= 0.6 is 0 Å². The lowest BCUT2D eigenvalue weighted by atomic mass is 10.0. The van der Waals surface area contributed by atoms with Gasteiger partial charge in [-0.2, -0.15) is 0 Å². The molecule has 1 amide bonds.